The summed E-state index contributed by atoms with van der Waals surface area (Å²) < 4.78 is 3.46. The van der Waals surface area contributed by atoms with Crippen molar-refractivity contribution in [3.8, 4) is 0 Å². The van der Waals surface area contributed by atoms with E-state index in [2.05, 4.69) is 63.2 Å². The van der Waals surface area contributed by atoms with Crippen molar-refractivity contribution in [3.05, 3.63) is 47.5 Å². The number of carbonyl (C=O) groups excluding carboxylic acids is 1. The van der Waals surface area contributed by atoms with Gasteiger partial charge < -0.3 is 4.30 Å². The Morgan fingerprint density at radius 3 is 2.21 bits per heavy atom. The molecule has 0 aromatic heterocycles. The normalized spacial score (nSPS) is 11.3. The van der Waals surface area contributed by atoms with E-state index in [1.807, 2.05) is 12.1 Å². The minimum atomic E-state index is -1.29. The van der Waals surface area contributed by atoms with Gasteiger partial charge in [-0.25, -0.2) is 0 Å². The summed E-state index contributed by atoms with van der Waals surface area (Å²) in [6.07, 6.45) is 0.883. The minimum absolute atomic E-state index is 0.140. The summed E-state index contributed by atoms with van der Waals surface area (Å²) in [4.78, 5) is 13.1. The summed E-state index contributed by atoms with van der Waals surface area (Å²) in [6, 6.07) is 12.5. The molecule has 0 saturated heterocycles. The van der Waals surface area contributed by atoms with Crippen LogP contribution >= 0.6 is 0 Å². The molecule has 2 aromatic rings. The first-order chi connectivity index (χ1) is 11.4. The maximum atomic E-state index is 13.1. The molecule has 128 valence electrons. The number of benzene rings is 2. The maximum Gasteiger partial charge on any atom is 0.414 e. The SMILES string of the molecule is CCc1ccc2ccccc2c1C(=O)[NH][Al]([CH2]C(C)C)[CH2]C(C)C. The van der Waals surface area contributed by atoms with Crippen LogP contribution in [0.1, 0.15) is 50.5 Å². The van der Waals surface area contributed by atoms with Crippen molar-refractivity contribution in [3.63, 3.8) is 0 Å². The lowest BCUT2D eigenvalue weighted by Gasteiger charge is -2.19. The molecule has 0 bridgehead atoms. The fraction of sp³-hybridized carbons (Fsp3) is 0.476. The van der Waals surface area contributed by atoms with E-state index >= 15 is 0 Å². The predicted octanol–water partition coefficient (Wildman–Crippen LogP) is 5.44. The van der Waals surface area contributed by atoms with Gasteiger partial charge in [0, 0.05) is 5.56 Å². The number of nitrogens with one attached hydrogen (secondary N) is 1. The second kappa shape index (κ2) is 8.70. The molecule has 2 aromatic carbocycles. The molecule has 0 heterocycles. The van der Waals surface area contributed by atoms with Gasteiger partial charge >= 0.3 is 14.4 Å². The molecule has 0 aliphatic carbocycles. The van der Waals surface area contributed by atoms with Crippen LogP contribution in [0.4, 0.5) is 0 Å². The van der Waals surface area contributed by atoms with Gasteiger partial charge in [0.15, 0.2) is 0 Å². The number of amides is 1. The molecule has 3 heteroatoms. The van der Waals surface area contributed by atoms with Crippen LogP contribution < -0.4 is 4.30 Å². The lowest BCUT2D eigenvalue weighted by molar-refractivity contribution is 0.0979. The van der Waals surface area contributed by atoms with Gasteiger partial charge in [-0.2, -0.15) is 0 Å². The van der Waals surface area contributed by atoms with E-state index in [4.69, 9.17) is 0 Å². The molecule has 2 rings (SSSR count). The van der Waals surface area contributed by atoms with Gasteiger partial charge in [-0.15, -0.1) is 0 Å². The predicted molar refractivity (Wildman–Crippen MR) is 106 cm³/mol. The number of hydrogen-bond donors (Lipinski definition) is 1. The lowest BCUT2D eigenvalue weighted by Crippen LogP contribution is -2.41. The Morgan fingerprint density at radius 2 is 1.62 bits per heavy atom. The molecule has 2 nitrogen and oxygen atoms in total. The van der Waals surface area contributed by atoms with Crippen molar-refractivity contribution < 1.29 is 4.79 Å². The smallest absolute Gasteiger partial charge is 0.414 e. The molecule has 0 fully saturated rings. The van der Waals surface area contributed by atoms with E-state index in [-0.39, 0.29) is 5.91 Å². The van der Waals surface area contributed by atoms with Crippen molar-refractivity contribution in [2.45, 2.75) is 51.6 Å². The highest BCUT2D eigenvalue weighted by Crippen LogP contribution is 2.24. The molecule has 0 aliphatic rings. The van der Waals surface area contributed by atoms with Gasteiger partial charge in [0.1, 0.15) is 0 Å². The first-order valence-corrected chi connectivity index (χ1v) is 11.4. The molecule has 0 radical (unpaired) electrons. The van der Waals surface area contributed by atoms with Crippen LogP contribution in [0.25, 0.3) is 10.8 Å². The number of aryl methyl sites for hydroxylation is 1. The quantitative estimate of drug-likeness (QED) is 0.669. The van der Waals surface area contributed by atoms with Crippen LogP contribution in [0.5, 0.6) is 0 Å². The second-order valence-electron chi connectivity index (χ2n) is 7.60. The Labute approximate surface area is 151 Å². The highest BCUT2D eigenvalue weighted by molar-refractivity contribution is 6.59. The Hall–Kier alpha value is -1.30. The van der Waals surface area contributed by atoms with Crippen molar-refractivity contribution in [1.29, 1.82) is 0 Å². The molecule has 1 amide bonds. The molecule has 0 spiro atoms. The third-order valence-corrected chi connectivity index (χ3v) is 8.16. The molecular weight excluding hydrogens is 309 g/mol. The molecule has 0 aliphatic heterocycles. The van der Waals surface area contributed by atoms with Crippen molar-refractivity contribution in [2.24, 2.45) is 11.8 Å². The summed E-state index contributed by atoms with van der Waals surface area (Å²) in [5.74, 6) is 1.42. The minimum Gasteiger partial charge on any atom is -0.442 e. The number of rotatable bonds is 7. The van der Waals surface area contributed by atoms with Crippen LogP contribution in [-0.4, -0.2) is 20.3 Å². The fourth-order valence-electron chi connectivity index (χ4n) is 3.49. The number of hydrogen-bond acceptors (Lipinski definition) is 1. The van der Waals surface area contributed by atoms with E-state index < -0.39 is 14.4 Å². The third-order valence-electron chi connectivity index (χ3n) is 4.47. The van der Waals surface area contributed by atoms with Crippen molar-refractivity contribution >= 4 is 31.0 Å². The van der Waals surface area contributed by atoms with Crippen LogP contribution in [0.15, 0.2) is 36.4 Å². The molecule has 0 unspecified atom stereocenters. The average molecular weight is 339 g/mol. The summed E-state index contributed by atoms with van der Waals surface area (Å²) in [6.45, 7) is 11.1. The monoisotopic (exact) mass is 339 g/mol. The highest BCUT2D eigenvalue weighted by atomic mass is 27.2. The summed E-state index contributed by atoms with van der Waals surface area (Å²) >= 11 is -1.29. The average Bonchev–Trinajstić information content (AvgIpc) is 2.52. The topological polar surface area (TPSA) is 29.1 Å². The van der Waals surface area contributed by atoms with E-state index in [0.29, 0.717) is 11.8 Å². The zero-order valence-corrected chi connectivity index (χ0v) is 16.9. The van der Waals surface area contributed by atoms with Gasteiger partial charge in [-0.1, -0.05) is 93.4 Å². The van der Waals surface area contributed by atoms with Gasteiger partial charge in [0.25, 0.3) is 0 Å². The van der Waals surface area contributed by atoms with Gasteiger partial charge in [-0.05, 0) is 22.8 Å². The second-order valence-corrected chi connectivity index (χ2v) is 10.2. The van der Waals surface area contributed by atoms with Crippen LogP contribution in [0.3, 0.4) is 0 Å². The highest BCUT2D eigenvalue weighted by Gasteiger charge is 2.26. The summed E-state index contributed by atoms with van der Waals surface area (Å²) in [5, 5.41) is 4.55. The molecule has 0 saturated carbocycles. The van der Waals surface area contributed by atoms with E-state index in [1.54, 1.807) is 0 Å². The van der Waals surface area contributed by atoms with E-state index in [0.717, 1.165) is 38.9 Å². The number of carbonyl (C=O) groups is 1. The Kier molecular flexibility index (Phi) is 6.90. The van der Waals surface area contributed by atoms with Crippen molar-refractivity contribution in [2.75, 3.05) is 0 Å². The van der Waals surface area contributed by atoms with Crippen LogP contribution in [-0.2, 0) is 6.42 Å². The van der Waals surface area contributed by atoms with Gasteiger partial charge in [0.05, 0.1) is 0 Å². The summed E-state index contributed by atoms with van der Waals surface area (Å²) in [7, 11) is 0. The van der Waals surface area contributed by atoms with Gasteiger partial charge in [-0.3, -0.25) is 4.79 Å². The Balaban J connectivity index is 2.35. The standard InChI is InChI=1S/C13H13NO.2C4H9.Al/c1-2-9-7-8-10-5-3-4-6-11(10)12(9)13(14)15;2*1-4(2)3;/h3-8H,2H2,1H3,(H2,14,15);2*4H,1H2,2-3H3;/q;;;+1/p-1. The molecule has 24 heavy (non-hydrogen) atoms. The summed E-state index contributed by atoms with van der Waals surface area (Å²) in [5.41, 5.74) is 2.04. The molecule has 0 atom stereocenters. The number of fused-ring (bicyclic) bond motifs is 1. The zero-order chi connectivity index (χ0) is 17.7. The largest absolute Gasteiger partial charge is 0.442 e. The Bertz CT molecular complexity index is 683. The van der Waals surface area contributed by atoms with Gasteiger partial charge in [0.2, 0.25) is 5.91 Å². The van der Waals surface area contributed by atoms with Crippen LogP contribution in [0, 0.1) is 11.8 Å². The van der Waals surface area contributed by atoms with E-state index in [1.165, 1.54) is 0 Å². The molecular formula is C21H30AlNO. The van der Waals surface area contributed by atoms with Crippen molar-refractivity contribution in [1.82, 2.24) is 4.30 Å². The maximum absolute atomic E-state index is 13.1. The first kappa shape index (κ1) is 19.0. The lowest BCUT2D eigenvalue weighted by atomic mass is 9.97. The fourth-order valence-corrected chi connectivity index (χ4v) is 6.71. The Morgan fingerprint density at radius 1 is 1.00 bits per heavy atom. The van der Waals surface area contributed by atoms with Crippen LogP contribution in [0.2, 0.25) is 10.6 Å². The van der Waals surface area contributed by atoms with E-state index in [9.17, 15) is 4.79 Å². The first-order valence-electron chi connectivity index (χ1n) is 9.23. The molecule has 1 N–H and O–H groups in total. The zero-order valence-electron chi connectivity index (χ0n) is 15.7. The third kappa shape index (κ3) is 4.85.